The number of urea groups is 1. The van der Waals surface area contributed by atoms with E-state index in [1.807, 2.05) is 55.4 Å². The summed E-state index contributed by atoms with van der Waals surface area (Å²) >= 11 is 0. The van der Waals surface area contributed by atoms with Crippen LogP contribution >= 0.6 is 0 Å². The fourth-order valence-electron chi connectivity index (χ4n) is 4.12. The molecule has 0 aliphatic carbocycles. The molecular weight excluding hydrogens is 682 g/mol. The minimum Gasteiger partial charge on any atom is -0.445 e. The Bertz CT molecular complexity index is 1290. The Balaban J connectivity index is 0. The Morgan fingerprint density at radius 3 is 1.91 bits per heavy atom. The summed E-state index contributed by atoms with van der Waals surface area (Å²) in [6, 6.07) is 5.52. The van der Waals surface area contributed by atoms with Gasteiger partial charge in [0.25, 0.3) is 11.8 Å². The van der Waals surface area contributed by atoms with Gasteiger partial charge in [-0.3, -0.25) is 28.9 Å². The number of alkyl carbamates (subject to hydrolysis) is 1. The molecular formula is C38H65N7O8. The molecule has 0 saturated heterocycles. The van der Waals surface area contributed by atoms with Crippen molar-refractivity contribution >= 4 is 47.3 Å². The second kappa shape index (κ2) is 28.6. The molecule has 15 nitrogen and oxygen atoms in total. The van der Waals surface area contributed by atoms with E-state index >= 15 is 0 Å². The maximum Gasteiger partial charge on any atom is 0.407 e. The predicted octanol–water partition coefficient (Wildman–Crippen LogP) is 4.76. The normalized spacial score (nSPS) is 12.1. The average molecular weight is 748 g/mol. The van der Waals surface area contributed by atoms with Crippen molar-refractivity contribution in [3.63, 3.8) is 0 Å². The van der Waals surface area contributed by atoms with Crippen LogP contribution in [-0.4, -0.2) is 78.8 Å². The van der Waals surface area contributed by atoms with Gasteiger partial charge in [0, 0.05) is 43.9 Å². The summed E-state index contributed by atoms with van der Waals surface area (Å²) in [6.45, 7) is 20.8. The SMILES string of the molecule is CC.CC.CC(C)C(NC(=O)CCCCCN1C(=O)C=CC1=O)C(=O)NCC(=O)Nc1ccc(COC(=O)NCC(C)(C)C)cc1.CCCNC(N)=O. The number of nitrogens with zero attached hydrogens (tertiary/aromatic N) is 1. The number of rotatable bonds is 17. The van der Waals surface area contributed by atoms with Crippen molar-refractivity contribution in [2.45, 2.75) is 114 Å². The van der Waals surface area contributed by atoms with Gasteiger partial charge in [0.05, 0.1) is 6.54 Å². The third kappa shape index (κ3) is 24.8. The lowest BCUT2D eigenvalue weighted by molar-refractivity contribution is -0.137. The largest absolute Gasteiger partial charge is 0.445 e. The van der Waals surface area contributed by atoms with E-state index in [0.717, 1.165) is 16.9 Å². The first-order chi connectivity index (χ1) is 25.0. The maximum absolute atomic E-state index is 12.7. The number of nitrogens with two attached hydrogens (primary N) is 1. The molecule has 1 aromatic rings. The first kappa shape index (κ1) is 50.2. The molecule has 1 atom stereocenters. The molecule has 1 heterocycles. The van der Waals surface area contributed by atoms with Gasteiger partial charge in [-0.15, -0.1) is 0 Å². The number of carbonyl (C=O) groups is 7. The molecule has 1 aliphatic heterocycles. The second-order valence-electron chi connectivity index (χ2n) is 13.0. The highest BCUT2D eigenvalue weighted by atomic mass is 16.5. The molecule has 1 aliphatic rings. The van der Waals surface area contributed by atoms with E-state index in [4.69, 9.17) is 10.5 Å². The lowest BCUT2D eigenvalue weighted by atomic mass is 9.97. The molecule has 300 valence electrons. The molecule has 1 unspecified atom stereocenters. The monoisotopic (exact) mass is 747 g/mol. The van der Waals surface area contributed by atoms with Crippen LogP contribution in [0.1, 0.15) is 107 Å². The quantitative estimate of drug-likeness (QED) is 0.0962. The van der Waals surface area contributed by atoms with Crippen LogP contribution in [0, 0.1) is 11.3 Å². The van der Waals surface area contributed by atoms with Crippen LogP contribution in [0.4, 0.5) is 15.3 Å². The van der Waals surface area contributed by atoms with Crippen LogP contribution in [0.5, 0.6) is 0 Å². The highest BCUT2D eigenvalue weighted by molar-refractivity contribution is 6.12. The Hall–Kier alpha value is -4.95. The summed E-state index contributed by atoms with van der Waals surface area (Å²) in [5.74, 6) is -2.05. The number of amides is 8. The molecule has 1 aromatic carbocycles. The van der Waals surface area contributed by atoms with E-state index in [2.05, 4.69) is 26.6 Å². The maximum atomic E-state index is 12.7. The Morgan fingerprint density at radius 2 is 1.42 bits per heavy atom. The number of hydrogen-bond acceptors (Lipinski definition) is 8. The van der Waals surface area contributed by atoms with Gasteiger partial charge in [-0.05, 0) is 48.3 Å². The van der Waals surface area contributed by atoms with Crippen molar-refractivity contribution in [1.82, 2.24) is 26.2 Å². The first-order valence-corrected chi connectivity index (χ1v) is 18.5. The van der Waals surface area contributed by atoms with Crippen molar-refractivity contribution < 1.29 is 38.3 Å². The van der Waals surface area contributed by atoms with Gasteiger partial charge in [0.2, 0.25) is 17.7 Å². The van der Waals surface area contributed by atoms with Crippen molar-refractivity contribution in [2.75, 3.05) is 31.5 Å². The van der Waals surface area contributed by atoms with Crippen LogP contribution in [0.15, 0.2) is 36.4 Å². The molecule has 15 heteroatoms. The van der Waals surface area contributed by atoms with Crippen LogP contribution in [0.2, 0.25) is 0 Å². The fourth-order valence-corrected chi connectivity index (χ4v) is 4.12. The van der Waals surface area contributed by atoms with Crippen LogP contribution in [0.3, 0.4) is 0 Å². The molecule has 0 saturated carbocycles. The first-order valence-electron chi connectivity index (χ1n) is 18.5. The number of hydrogen-bond donors (Lipinski definition) is 6. The van der Waals surface area contributed by atoms with Gasteiger partial charge in [0.15, 0.2) is 0 Å². The number of primary amides is 1. The molecule has 0 spiro atoms. The van der Waals surface area contributed by atoms with E-state index in [1.54, 1.807) is 38.1 Å². The van der Waals surface area contributed by atoms with Gasteiger partial charge in [-0.1, -0.05) is 87.8 Å². The molecule has 7 N–H and O–H groups in total. The zero-order valence-electron chi connectivity index (χ0n) is 33.5. The molecule has 8 amide bonds. The lowest BCUT2D eigenvalue weighted by Crippen LogP contribution is -2.51. The van der Waals surface area contributed by atoms with Crippen LogP contribution in [0.25, 0.3) is 0 Å². The molecule has 2 rings (SSSR count). The number of ether oxygens (including phenoxy) is 1. The Morgan fingerprint density at radius 1 is 0.830 bits per heavy atom. The van der Waals surface area contributed by atoms with E-state index in [9.17, 15) is 33.6 Å². The Kier molecular flexibility index (Phi) is 27.1. The minimum absolute atomic E-state index is 0.0524. The van der Waals surface area contributed by atoms with E-state index in [0.29, 0.717) is 44.6 Å². The van der Waals surface area contributed by atoms with E-state index in [1.165, 1.54) is 12.2 Å². The van der Waals surface area contributed by atoms with E-state index in [-0.39, 0.29) is 48.6 Å². The second-order valence-corrected chi connectivity index (χ2v) is 13.0. The third-order valence-electron chi connectivity index (χ3n) is 6.79. The van der Waals surface area contributed by atoms with Gasteiger partial charge in [-0.25, -0.2) is 9.59 Å². The topological polar surface area (TPSA) is 218 Å². The van der Waals surface area contributed by atoms with Crippen LogP contribution < -0.4 is 32.3 Å². The summed E-state index contributed by atoms with van der Waals surface area (Å²) in [5.41, 5.74) is 5.94. The summed E-state index contributed by atoms with van der Waals surface area (Å²) < 4.78 is 5.20. The number of unbranched alkanes of at least 4 members (excludes halogenated alkanes) is 2. The van der Waals surface area contributed by atoms with Gasteiger partial charge in [0.1, 0.15) is 12.6 Å². The van der Waals surface area contributed by atoms with Gasteiger partial charge < -0.3 is 37.1 Å². The molecule has 0 radical (unpaired) electrons. The zero-order chi connectivity index (χ0) is 41.0. The summed E-state index contributed by atoms with van der Waals surface area (Å²) in [4.78, 5) is 83.5. The number of carbonyl (C=O) groups excluding carboxylic acids is 7. The van der Waals surface area contributed by atoms with Crippen molar-refractivity contribution in [2.24, 2.45) is 17.1 Å². The summed E-state index contributed by atoms with van der Waals surface area (Å²) in [7, 11) is 0. The zero-order valence-corrected chi connectivity index (χ0v) is 33.5. The minimum atomic E-state index is -0.809. The predicted molar refractivity (Wildman–Crippen MR) is 207 cm³/mol. The highest BCUT2D eigenvalue weighted by Gasteiger charge is 2.25. The smallest absolute Gasteiger partial charge is 0.407 e. The molecule has 0 aromatic heterocycles. The lowest BCUT2D eigenvalue weighted by Gasteiger charge is -2.21. The van der Waals surface area contributed by atoms with Crippen molar-refractivity contribution in [1.29, 1.82) is 0 Å². The fraction of sp³-hybridized carbons (Fsp3) is 0.605. The third-order valence-corrected chi connectivity index (χ3v) is 6.79. The molecule has 0 bridgehead atoms. The Labute approximate surface area is 316 Å². The van der Waals surface area contributed by atoms with Crippen molar-refractivity contribution in [3.8, 4) is 0 Å². The summed E-state index contributed by atoms with van der Waals surface area (Å²) in [6.07, 6.45) is 4.87. The van der Waals surface area contributed by atoms with E-state index < -0.39 is 30.0 Å². The van der Waals surface area contributed by atoms with Crippen molar-refractivity contribution in [3.05, 3.63) is 42.0 Å². The number of nitrogens with one attached hydrogen (secondary N) is 5. The number of anilines is 1. The average Bonchev–Trinajstić information content (AvgIpc) is 3.44. The number of benzene rings is 1. The van der Waals surface area contributed by atoms with Gasteiger partial charge in [-0.2, -0.15) is 0 Å². The molecule has 0 fully saturated rings. The molecule has 53 heavy (non-hydrogen) atoms. The standard InChI is InChI=1S/C30H43N5O7.C4H10N2O.2C2H6/c1-20(2)27(34-23(36)9-7-6-8-16-35-25(38)14-15-26(35)39)28(40)31-17-24(37)33-22-12-10-21(11-13-22)18-42-29(41)32-19-30(3,4)5;1-2-3-6-4(5)7;2*1-2/h10-15,20,27H,6-9,16-19H2,1-5H3,(H,31,40)(H,32,41)(H,33,37)(H,34,36);2-3H2,1H3,(H3,5,6,7);2*1-2H3. The van der Waals surface area contributed by atoms with Crippen LogP contribution in [-0.2, 0) is 35.3 Å². The summed E-state index contributed by atoms with van der Waals surface area (Å²) in [5, 5.41) is 13.1. The highest BCUT2D eigenvalue weighted by Crippen LogP contribution is 2.13. The number of imide groups is 1. The van der Waals surface area contributed by atoms with Gasteiger partial charge >= 0.3 is 12.1 Å².